The summed E-state index contributed by atoms with van der Waals surface area (Å²) in [7, 11) is 0. The van der Waals surface area contributed by atoms with E-state index in [2.05, 4.69) is 0 Å². The van der Waals surface area contributed by atoms with Gasteiger partial charge in [-0.25, -0.2) is 0 Å². The fraction of sp³-hybridized carbons (Fsp3) is 0.889. The summed E-state index contributed by atoms with van der Waals surface area (Å²) < 4.78 is 22.5. The van der Waals surface area contributed by atoms with Gasteiger partial charge in [-0.3, -0.25) is 0 Å². The van der Waals surface area contributed by atoms with Crippen LogP contribution in [0.1, 0.15) is 13.3 Å². The number of hydrogen-bond donors (Lipinski definition) is 9. The monoisotopic (exact) mass is 449 g/mol. The van der Waals surface area contributed by atoms with E-state index in [1.807, 2.05) is 0 Å². The minimum atomic E-state index is -1.47. The molecule has 13 heteroatoms. The Morgan fingerprint density at radius 2 is 1.58 bits per heavy atom. The molecule has 0 aromatic heterocycles. The molecule has 13 nitrogen and oxygen atoms in total. The zero-order chi connectivity index (χ0) is 23.1. The second-order valence-electron chi connectivity index (χ2n) is 8.65. The second kappa shape index (κ2) is 9.51. The number of aliphatic hydroxyl groups excluding tert-OH is 3. The van der Waals surface area contributed by atoms with Crippen molar-refractivity contribution in [2.24, 2.45) is 28.7 Å². The van der Waals surface area contributed by atoms with Gasteiger partial charge >= 0.3 is 0 Å². The van der Waals surface area contributed by atoms with Crippen LogP contribution in [0.3, 0.4) is 0 Å². The zero-order valence-electron chi connectivity index (χ0n) is 17.4. The smallest absolute Gasteiger partial charge is 0.215 e. The topological polar surface area (TPSA) is 248 Å². The van der Waals surface area contributed by atoms with E-state index < -0.39 is 72.9 Å². The lowest BCUT2D eigenvalue weighted by molar-refractivity contribution is -0.306. The van der Waals surface area contributed by atoms with E-state index in [0.29, 0.717) is 12.2 Å². The molecule has 3 aliphatic rings. The Hall–Kier alpha value is -0.940. The highest BCUT2D eigenvalue weighted by Crippen LogP contribution is 2.31. The average molecular weight is 450 g/mol. The Labute approximate surface area is 180 Å². The van der Waals surface area contributed by atoms with Crippen molar-refractivity contribution in [1.29, 1.82) is 0 Å². The molecule has 0 amide bonds. The maximum Gasteiger partial charge on any atom is 0.215 e. The quantitative estimate of drug-likeness (QED) is 0.191. The first-order valence-electron chi connectivity index (χ1n) is 10.2. The Balaban J connectivity index is 1.73. The standard InChI is InChI=1S/C18H35N5O8/c1-18(27)5-28-17(12(26)15(18)23)31-14-9(22)10(24)8(21)13(11(14)25)30-16-7(20)3-2-6(4-19)29-16/h2,7-17,24-27H,3-5,19-23H2,1H3. The first-order valence-corrected chi connectivity index (χ1v) is 10.2. The summed E-state index contributed by atoms with van der Waals surface area (Å²) in [5.41, 5.74) is 28.2. The minimum Gasteiger partial charge on any atom is -0.467 e. The molecule has 0 aromatic carbocycles. The Morgan fingerprint density at radius 3 is 2.16 bits per heavy atom. The predicted octanol–water partition coefficient (Wildman–Crippen LogP) is -5.14. The van der Waals surface area contributed by atoms with Crippen molar-refractivity contribution in [3.63, 3.8) is 0 Å². The van der Waals surface area contributed by atoms with E-state index in [-0.39, 0.29) is 13.2 Å². The number of nitrogens with two attached hydrogens (primary N) is 5. The molecule has 12 unspecified atom stereocenters. The zero-order valence-corrected chi connectivity index (χ0v) is 17.4. The summed E-state index contributed by atoms with van der Waals surface area (Å²) in [6, 6.07) is -3.82. The van der Waals surface area contributed by atoms with Crippen LogP contribution >= 0.6 is 0 Å². The first-order chi connectivity index (χ1) is 14.5. The van der Waals surface area contributed by atoms with E-state index in [1.165, 1.54) is 6.92 Å². The minimum absolute atomic E-state index is 0.145. The summed E-state index contributed by atoms with van der Waals surface area (Å²) in [4.78, 5) is 0. The fourth-order valence-corrected chi connectivity index (χ4v) is 3.97. The van der Waals surface area contributed by atoms with Crippen LogP contribution in [0.15, 0.2) is 11.8 Å². The van der Waals surface area contributed by atoms with Crippen molar-refractivity contribution < 1.29 is 39.4 Å². The molecular formula is C18H35N5O8. The van der Waals surface area contributed by atoms with Crippen molar-refractivity contribution in [3.8, 4) is 0 Å². The van der Waals surface area contributed by atoms with E-state index in [9.17, 15) is 20.4 Å². The van der Waals surface area contributed by atoms with Gasteiger partial charge in [0.2, 0.25) is 6.29 Å². The highest BCUT2D eigenvalue weighted by molar-refractivity contribution is 5.07. The first kappa shape index (κ1) is 24.7. The maximum atomic E-state index is 10.9. The van der Waals surface area contributed by atoms with Gasteiger partial charge in [0.15, 0.2) is 6.29 Å². The lowest BCUT2D eigenvalue weighted by Crippen LogP contribution is -2.72. The predicted molar refractivity (Wildman–Crippen MR) is 107 cm³/mol. The summed E-state index contributed by atoms with van der Waals surface area (Å²) in [6.07, 6.45) is -6.63. The van der Waals surface area contributed by atoms with Crippen LogP contribution in [0.5, 0.6) is 0 Å². The van der Waals surface area contributed by atoms with Crippen LogP contribution in [-0.4, -0.2) is 106 Å². The Morgan fingerprint density at radius 1 is 1.00 bits per heavy atom. The van der Waals surface area contributed by atoms with Crippen LogP contribution < -0.4 is 28.7 Å². The van der Waals surface area contributed by atoms with Crippen LogP contribution in [0.4, 0.5) is 0 Å². The molecule has 0 radical (unpaired) electrons. The van der Waals surface area contributed by atoms with E-state index in [0.717, 1.165) is 0 Å². The van der Waals surface area contributed by atoms with Gasteiger partial charge in [-0.2, -0.15) is 0 Å². The van der Waals surface area contributed by atoms with Crippen LogP contribution in [0.2, 0.25) is 0 Å². The molecule has 1 saturated heterocycles. The van der Waals surface area contributed by atoms with Gasteiger partial charge in [0.05, 0.1) is 43.4 Å². The summed E-state index contributed by atoms with van der Waals surface area (Å²) in [6.45, 7) is 1.35. The summed E-state index contributed by atoms with van der Waals surface area (Å²) in [5, 5.41) is 42.0. The second-order valence-corrected chi connectivity index (χ2v) is 8.65. The van der Waals surface area contributed by atoms with E-state index in [4.69, 9.17) is 47.6 Å². The van der Waals surface area contributed by atoms with Crippen LogP contribution in [0.25, 0.3) is 0 Å². The molecule has 14 N–H and O–H groups in total. The summed E-state index contributed by atoms with van der Waals surface area (Å²) in [5.74, 6) is 0.482. The molecule has 1 saturated carbocycles. The SMILES string of the molecule is CC1(O)COC(OC2C(N)C(O)C(N)C(OC3OC(CN)=CCC3N)C2O)C(O)C1N. The number of aliphatic hydroxyl groups is 4. The maximum absolute atomic E-state index is 10.9. The molecule has 2 heterocycles. The lowest BCUT2D eigenvalue weighted by Gasteiger charge is -2.49. The normalized spacial score (nSPS) is 51.2. The molecule has 2 aliphatic heterocycles. The third kappa shape index (κ3) is 4.88. The molecular weight excluding hydrogens is 414 g/mol. The molecule has 1 aliphatic carbocycles. The number of rotatable bonds is 5. The van der Waals surface area contributed by atoms with Gasteiger partial charge < -0.3 is 68.0 Å². The van der Waals surface area contributed by atoms with Crippen molar-refractivity contribution >= 4 is 0 Å². The van der Waals surface area contributed by atoms with Crippen LogP contribution in [0, 0.1) is 0 Å². The highest BCUT2D eigenvalue weighted by atomic mass is 16.7. The molecule has 12 atom stereocenters. The lowest BCUT2D eigenvalue weighted by atomic mass is 9.82. The van der Waals surface area contributed by atoms with E-state index >= 15 is 0 Å². The number of hydrogen-bond acceptors (Lipinski definition) is 13. The number of ether oxygens (including phenoxy) is 4. The molecule has 31 heavy (non-hydrogen) atoms. The Kier molecular flexibility index (Phi) is 7.57. The third-order valence-electron chi connectivity index (χ3n) is 6.14. The van der Waals surface area contributed by atoms with Crippen molar-refractivity contribution in [3.05, 3.63) is 11.8 Å². The van der Waals surface area contributed by atoms with Crippen molar-refractivity contribution in [2.75, 3.05) is 13.2 Å². The van der Waals surface area contributed by atoms with Gasteiger partial charge in [-0.1, -0.05) is 0 Å². The molecule has 0 aromatic rings. The molecule has 2 fully saturated rings. The highest BCUT2D eigenvalue weighted by Gasteiger charge is 2.53. The Bertz CT molecular complexity index is 654. The van der Waals surface area contributed by atoms with Gasteiger partial charge in [0.1, 0.15) is 35.8 Å². The van der Waals surface area contributed by atoms with Gasteiger partial charge in [0, 0.05) is 0 Å². The largest absolute Gasteiger partial charge is 0.467 e. The molecule has 180 valence electrons. The van der Waals surface area contributed by atoms with Gasteiger partial charge in [-0.05, 0) is 19.4 Å². The van der Waals surface area contributed by atoms with E-state index in [1.54, 1.807) is 6.08 Å². The van der Waals surface area contributed by atoms with Crippen LogP contribution in [-0.2, 0) is 18.9 Å². The average Bonchev–Trinajstić information content (AvgIpc) is 2.74. The van der Waals surface area contributed by atoms with Gasteiger partial charge in [-0.15, -0.1) is 0 Å². The molecule has 3 rings (SSSR count). The summed E-state index contributed by atoms with van der Waals surface area (Å²) >= 11 is 0. The van der Waals surface area contributed by atoms with Crippen molar-refractivity contribution in [2.45, 2.75) is 86.2 Å². The molecule has 0 spiro atoms. The van der Waals surface area contributed by atoms with Crippen molar-refractivity contribution in [1.82, 2.24) is 0 Å². The molecule has 0 bridgehead atoms. The van der Waals surface area contributed by atoms with Gasteiger partial charge in [0.25, 0.3) is 0 Å². The third-order valence-corrected chi connectivity index (χ3v) is 6.14. The fourth-order valence-electron chi connectivity index (χ4n) is 3.97.